The number of urea groups is 1. The molecular formula is C15H18N2OS. The summed E-state index contributed by atoms with van der Waals surface area (Å²) in [6, 6.07) is 9.21. The molecular weight excluding hydrogens is 256 g/mol. The van der Waals surface area contributed by atoms with E-state index in [4.69, 9.17) is 0 Å². The highest BCUT2D eigenvalue weighted by Gasteiger charge is 2.56. The Morgan fingerprint density at radius 3 is 2.89 bits per heavy atom. The Morgan fingerprint density at radius 1 is 1.26 bits per heavy atom. The number of amides is 2. The summed E-state index contributed by atoms with van der Waals surface area (Å²) < 4.78 is 0. The van der Waals surface area contributed by atoms with E-state index in [0.717, 1.165) is 31.0 Å². The van der Waals surface area contributed by atoms with Crippen LogP contribution < -0.4 is 5.32 Å². The average molecular weight is 274 g/mol. The number of hydrogen-bond donors (Lipinski definition) is 1. The highest BCUT2D eigenvalue weighted by Crippen LogP contribution is 2.56. The zero-order chi connectivity index (χ0) is 12.8. The molecule has 4 rings (SSSR count). The number of nitrogens with zero attached hydrogens (tertiary/aromatic N) is 1. The first-order chi connectivity index (χ1) is 9.34. The summed E-state index contributed by atoms with van der Waals surface area (Å²) in [5, 5.41) is 3.24. The Kier molecular flexibility index (Phi) is 2.72. The second kappa shape index (κ2) is 4.44. The van der Waals surface area contributed by atoms with Gasteiger partial charge in [-0.3, -0.25) is 0 Å². The van der Waals surface area contributed by atoms with Crippen LogP contribution in [0.15, 0.2) is 24.3 Å². The summed E-state index contributed by atoms with van der Waals surface area (Å²) in [7, 11) is 0. The van der Waals surface area contributed by atoms with Gasteiger partial charge in [0.2, 0.25) is 0 Å². The van der Waals surface area contributed by atoms with Crippen LogP contribution in [0.2, 0.25) is 0 Å². The minimum Gasteiger partial charge on any atom is -0.334 e. The van der Waals surface area contributed by atoms with Crippen molar-refractivity contribution >= 4 is 17.8 Å². The molecule has 1 heterocycles. The molecule has 3 nitrogen and oxygen atoms in total. The molecule has 1 saturated carbocycles. The van der Waals surface area contributed by atoms with Crippen molar-refractivity contribution in [2.45, 2.75) is 18.4 Å². The Labute approximate surface area is 117 Å². The van der Waals surface area contributed by atoms with Crippen LogP contribution in [-0.2, 0) is 6.42 Å². The van der Waals surface area contributed by atoms with Crippen molar-refractivity contribution < 1.29 is 4.79 Å². The van der Waals surface area contributed by atoms with Gasteiger partial charge in [-0.2, -0.15) is 11.8 Å². The Hall–Kier alpha value is -1.16. The third-order valence-corrected chi connectivity index (χ3v) is 5.57. The molecule has 19 heavy (non-hydrogen) atoms. The first-order valence-corrected chi connectivity index (χ1v) is 8.21. The fourth-order valence-electron chi connectivity index (χ4n) is 3.55. The smallest absolute Gasteiger partial charge is 0.317 e. The maximum Gasteiger partial charge on any atom is 0.317 e. The first-order valence-electron chi connectivity index (χ1n) is 7.05. The minimum absolute atomic E-state index is 0.150. The van der Waals surface area contributed by atoms with Gasteiger partial charge in [0.1, 0.15) is 0 Å². The third-order valence-electron chi connectivity index (χ3n) is 4.63. The molecule has 0 bridgehead atoms. The predicted octanol–water partition coefficient (Wildman–Crippen LogP) is 2.08. The van der Waals surface area contributed by atoms with Crippen molar-refractivity contribution in [2.24, 2.45) is 5.92 Å². The number of nitrogens with one attached hydrogen (secondary N) is 1. The molecule has 1 N–H and O–H groups in total. The summed E-state index contributed by atoms with van der Waals surface area (Å²) in [4.78, 5) is 14.2. The standard InChI is InChI=1S/C15H18N2OS/c18-15(17-5-7-19-8-6-17)16-14-12-9-10-3-1-2-4-11(10)13(12)14/h1-4,12-14H,5-9H2,(H,16,18)/t12-,13+,14+/m0/s1. The van der Waals surface area contributed by atoms with Gasteiger partial charge in [0, 0.05) is 36.6 Å². The Bertz CT molecular complexity index is 513. The van der Waals surface area contributed by atoms with Crippen molar-refractivity contribution in [1.82, 2.24) is 10.2 Å². The fraction of sp³-hybridized carbons (Fsp3) is 0.533. The number of hydrogen-bond acceptors (Lipinski definition) is 2. The minimum atomic E-state index is 0.150. The summed E-state index contributed by atoms with van der Waals surface area (Å²) in [6.07, 6.45) is 1.14. The molecule has 0 spiro atoms. The number of benzene rings is 1. The molecule has 1 aliphatic heterocycles. The number of carbonyl (C=O) groups is 1. The van der Waals surface area contributed by atoms with Crippen molar-refractivity contribution in [2.75, 3.05) is 24.6 Å². The third kappa shape index (κ3) is 1.93. The van der Waals surface area contributed by atoms with Gasteiger partial charge in [0.15, 0.2) is 0 Å². The second-order valence-corrected chi connectivity index (χ2v) is 6.89. The fourth-order valence-corrected chi connectivity index (χ4v) is 4.45. The number of thioether (sulfide) groups is 1. The van der Waals surface area contributed by atoms with Crippen molar-refractivity contribution in [3.63, 3.8) is 0 Å². The monoisotopic (exact) mass is 274 g/mol. The van der Waals surface area contributed by atoms with Gasteiger partial charge in [-0.25, -0.2) is 4.79 Å². The average Bonchev–Trinajstić information content (AvgIpc) is 2.97. The van der Waals surface area contributed by atoms with E-state index >= 15 is 0 Å². The number of fused-ring (bicyclic) bond motifs is 3. The second-order valence-electron chi connectivity index (χ2n) is 5.67. The molecule has 1 aromatic carbocycles. The van der Waals surface area contributed by atoms with Crippen LogP contribution in [0.4, 0.5) is 4.79 Å². The van der Waals surface area contributed by atoms with E-state index in [1.54, 1.807) is 0 Å². The molecule has 100 valence electrons. The van der Waals surface area contributed by atoms with Gasteiger partial charge >= 0.3 is 6.03 Å². The summed E-state index contributed by atoms with van der Waals surface area (Å²) in [6.45, 7) is 1.80. The van der Waals surface area contributed by atoms with Crippen LogP contribution in [0, 0.1) is 5.92 Å². The molecule has 0 unspecified atom stereocenters. The highest BCUT2D eigenvalue weighted by molar-refractivity contribution is 7.99. The lowest BCUT2D eigenvalue weighted by molar-refractivity contribution is 0.202. The first kappa shape index (κ1) is 11.6. The van der Waals surface area contributed by atoms with Crippen molar-refractivity contribution in [3.05, 3.63) is 35.4 Å². The van der Waals surface area contributed by atoms with E-state index in [1.807, 2.05) is 16.7 Å². The largest absolute Gasteiger partial charge is 0.334 e. The lowest BCUT2D eigenvalue weighted by Crippen LogP contribution is -2.45. The molecule has 2 fully saturated rings. The number of rotatable bonds is 1. The van der Waals surface area contributed by atoms with Gasteiger partial charge in [-0.05, 0) is 23.5 Å². The normalized spacial score (nSPS) is 31.6. The molecule has 2 aliphatic carbocycles. The van der Waals surface area contributed by atoms with Crippen LogP contribution >= 0.6 is 11.8 Å². The quantitative estimate of drug-likeness (QED) is 0.850. The molecule has 2 amide bonds. The zero-order valence-corrected chi connectivity index (χ0v) is 11.7. The molecule has 1 aromatic rings. The molecule has 0 radical (unpaired) electrons. The maximum absolute atomic E-state index is 12.2. The van der Waals surface area contributed by atoms with E-state index < -0.39 is 0 Å². The maximum atomic E-state index is 12.2. The van der Waals surface area contributed by atoms with E-state index in [-0.39, 0.29) is 6.03 Å². The van der Waals surface area contributed by atoms with Crippen LogP contribution in [0.1, 0.15) is 17.0 Å². The van der Waals surface area contributed by atoms with Crippen molar-refractivity contribution in [3.8, 4) is 0 Å². The van der Waals surface area contributed by atoms with Gasteiger partial charge in [-0.1, -0.05) is 24.3 Å². The lowest BCUT2D eigenvalue weighted by atomic mass is 10.1. The molecule has 4 heteroatoms. The van der Waals surface area contributed by atoms with Crippen LogP contribution in [0.3, 0.4) is 0 Å². The van der Waals surface area contributed by atoms with Crippen LogP contribution in [-0.4, -0.2) is 41.6 Å². The van der Waals surface area contributed by atoms with E-state index in [1.165, 1.54) is 11.1 Å². The lowest BCUT2D eigenvalue weighted by Gasteiger charge is -2.27. The zero-order valence-electron chi connectivity index (χ0n) is 10.8. The van der Waals surface area contributed by atoms with Crippen molar-refractivity contribution in [1.29, 1.82) is 0 Å². The van der Waals surface area contributed by atoms with Crippen LogP contribution in [0.5, 0.6) is 0 Å². The molecule has 1 saturated heterocycles. The Morgan fingerprint density at radius 2 is 2.05 bits per heavy atom. The highest BCUT2D eigenvalue weighted by atomic mass is 32.2. The van der Waals surface area contributed by atoms with E-state index in [0.29, 0.717) is 17.9 Å². The topological polar surface area (TPSA) is 32.3 Å². The summed E-state index contributed by atoms with van der Waals surface area (Å²) >= 11 is 1.94. The van der Waals surface area contributed by atoms with Gasteiger partial charge in [0.05, 0.1) is 0 Å². The van der Waals surface area contributed by atoms with Gasteiger partial charge < -0.3 is 10.2 Å². The van der Waals surface area contributed by atoms with Gasteiger partial charge in [-0.15, -0.1) is 0 Å². The molecule has 3 aliphatic rings. The van der Waals surface area contributed by atoms with Gasteiger partial charge in [0.25, 0.3) is 0 Å². The molecule has 3 atom stereocenters. The van der Waals surface area contributed by atoms with E-state index in [2.05, 4.69) is 29.6 Å². The van der Waals surface area contributed by atoms with Crippen LogP contribution in [0.25, 0.3) is 0 Å². The molecule has 0 aromatic heterocycles. The predicted molar refractivity (Wildman–Crippen MR) is 77.6 cm³/mol. The SMILES string of the molecule is O=C(N[C@@H]1[C@H]2Cc3ccccc3[C@H]21)N1CCSCC1. The van der Waals surface area contributed by atoms with E-state index in [9.17, 15) is 4.79 Å². The Balaban J connectivity index is 1.41. The summed E-state index contributed by atoms with van der Waals surface area (Å²) in [5.74, 6) is 3.39. The number of carbonyl (C=O) groups excluding carboxylic acids is 1. The summed E-state index contributed by atoms with van der Waals surface area (Å²) in [5.41, 5.74) is 2.95.